The van der Waals surface area contributed by atoms with Gasteiger partial charge in [-0.1, -0.05) is 24.3 Å². The van der Waals surface area contributed by atoms with E-state index in [4.69, 9.17) is 21.1 Å². The third-order valence-corrected chi connectivity index (χ3v) is 3.98. The first kappa shape index (κ1) is 20.5. The standard InChI is InChI=1S/C17H19ClFN3O5/c1-5-6-26-15(23)10(2)27-14-8-13(12(19)7-11(14)18)22-16(24)20(3)9-21(4)17(22)25/h5,7-8,10H,1,6,9H2,2-4H3. The molecule has 4 amide bonds. The van der Waals surface area contributed by atoms with E-state index >= 15 is 0 Å². The summed E-state index contributed by atoms with van der Waals surface area (Å²) in [5.41, 5.74) is -0.338. The van der Waals surface area contributed by atoms with E-state index in [0.29, 0.717) is 4.90 Å². The van der Waals surface area contributed by atoms with Gasteiger partial charge >= 0.3 is 18.0 Å². The number of imide groups is 1. The van der Waals surface area contributed by atoms with Crippen LogP contribution in [-0.4, -0.2) is 61.3 Å². The molecule has 1 aromatic carbocycles. The smallest absolute Gasteiger partial charge is 0.347 e. The largest absolute Gasteiger partial charge is 0.477 e. The van der Waals surface area contributed by atoms with Gasteiger partial charge in [-0.25, -0.2) is 23.7 Å². The summed E-state index contributed by atoms with van der Waals surface area (Å²) in [5.74, 6) is -1.64. The van der Waals surface area contributed by atoms with Crippen molar-refractivity contribution in [3.8, 4) is 5.75 Å². The molecular formula is C17H19ClFN3O5. The highest BCUT2D eigenvalue weighted by molar-refractivity contribution is 6.32. The average Bonchev–Trinajstić information content (AvgIpc) is 2.61. The van der Waals surface area contributed by atoms with E-state index in [1.807, 2.05) is 0 Å². The van der Waals surface area contributed by atoms with Crippen molar-refractivity contribution in [3.63, 3.8) is 0 Å². The molecule has 8 nitrogen and oxygen atoms in total. The molecule has 0 aromatic heterocycles. The van der Waals surface area contributed by atoms with Gasteiger partial charge in [0.15, 0.2) is 6.10 Å². The summed E-state index contributed by atoms with van der Waals surface area (Å²) < 4.78 is 24.7. The van der Waals surface area contributed by atoms with Gasteiger partial charge in [0.25, 0.3) is 0 Å². The van der Waals surface area contributed by atoms with E-state index < -0.39 is 30.0 Å². The molecule has 0 spiro atoms. The summed E-state index contributed by atoms with van der Waals surface area (Å²) in [7, 11) is 2.95. The molecule has 2 rings (SSSR count). The minimum absolute atomic E-state index is 0.00435. The predicted molar refractivity (Wildman–Crippen MR) is 96.3 cm³/mol. The Kier molecular flexibility index (Phi) is 6.27. The maximum absolute atomic E-state index is 14.5. The van der Waals surface area contributed by atoms with Crippen LogP contribution in [0.15, 0.2) is 24.8 Å². The summed E-state index contributed by atoms with van der Waals surface area (Å²) in [5, 5.41) is -0.127. The first-order chi connectivity index (χ1) is 12.7. The third kappa shape index (κ3) is 4.30. The topological polar surface area (TPSA) is 79.4 Å². The van der Waals surface area contributed by atoms with Gasteiger partial charge in [0.1, 0.15) is 18.2 Å². The number of nitrogens with zero attached hydrogens (tertiary/aromatic N) is 3. The molecule has 0 aliphatic carbocycles. The highest BCUT2D eigenvalue weighted by Gasteiger charge is 2.37. The zero-order chi connectivity index (χ0) is 20.3. The number of carbonyl (C=O) groups is 3. The van der Waals surface area contributed by atoms with E-state index in [-0.39, 0.29) is 29.7 Å². The molecule has 1 aliphatic rings. The number of esters is 1. The minimum Gasteiger partial charge on any atom is -0.477 e. The van der Waals surface area contributed by atoms with Gasteiger partial charge in [-0.05, 0) is 13.0 Å². The van der Waals surface area contributed by atoms with Crippen molar-refractivity contribution in [2.45, 2.75) is 13.0 Å². The van der Waals surface area contributed by atoms with Gasteiger partial charge in [-0.2, -0.15) is 0 Å². The molecule has 0 N–H and O–H groups in total. The zero-order valence-electron chi connectivity index (χ0n) is 15.1. The Morgan fingerprint density at radius 1 is 1.33 bits per heavy atom. The molecule has 1 unspecified atom stereocenters. The second-order valence-electron chi connectivity index (χ2n) is 5.85. The van der Waals surface area contributed by atoms with E-state index in [9.17, 15) is 18.8 Å². The SMILES string of the molecule is C=CCOC(=O)C(C)Oc1cc(N2C(=O)N(C)CN(C)C2=O)c(F)cc1Cl. The highest BCUT2D eigenvalue weighted by Crippen LogP contribution is 2.34. The molecule has 1 aromatic rings. The molecule has 0 saturated carbocycles. The normalized spacial score (nSPS) is 15.7. The van der Waals surface area contributed by atoms with Gasteiger partial charge < -0.3 is 19.3 Å². The number of rotatable bonds is 6. The number of hydrogen-bond acceptors (Lipinski definition) is 5. The van der Waals surface area contributed by atoms with Crippen LogP contribution >= 0.6 is 11.6 Å². The summed E-state index contributed by atoms with van der Waals surface area (Å²) in [4.78, 5) is 39.7. The summed E-state index contributed by atoms with van der Waals surface area (Å²) in [6.45, 7) is 4.92. The van der Waals surface area contributed by atoms with Crippen molar-refractivity contribution in [2.24, 2.45) is 0 Å². The predicted octanol–water partition coefficient (Wildman–Crippen LogP) is 2.86. The lowest BCUT2D eigenvalue weighted by atomic mass is 10.2. The van der Waals surface area contributed by atoms with Crippen molar-refractivity contribution < 1.29 is 28.2 Å². The Labute approximate surface area is 160 Å². The number of amides is 4. The van der Waals surface area contributed by atoms with Gasteiger partial charge in [0.05, 0.1) is 17.4 Å². The molecule has 10 heteroatoms. The lowest BCUT2D eigenvalue weighted by Gasteiger charge is -2.37. The molecule has 1 saturated heterocycles. The fourth-order valence-corrected chi connectivity index (χ4v) is 2.54. The Bertz CT molecular complexity index is 768. The molecule has 1 atom stereocenters. The van der Waals surface area contributed by atoms with Crippen LogP contribution in [0.3, 0.4) is 0 Å². The molecule has 1 fully saturated rings. The van der Waals surface area contributed by atoms with Gasteiger partial charge in [-0.3, -0.25) is 0 Å². The van der Waals surface area contributed by atoms with Gasteiger partial charge in [-0.15, -0.1) is 0 Å². The van der Waals surface area contributed by atoms with Crippen LogP contribution in [0.1, 0.15) is 6.92 Å². The summed E-state index contributed by atoms with van der Waals surface area (Å²) in [6, 6.07) is 0.591. The minimum atomic E-state index is -1.06. The van der Waals surface area contributed by atoms with Gasteiger partial charge in [0.2, 0.25) is 0 Å². The number of halogens is 2. The van der Waals surface area contributed by atoms with Crippen LogP contribution in [0.5, 0.6) is 5.75 Å². The van der Waals surface area contributed by atoms with E-state index in [2.05, 4.69) is 6.58 Å². The quantitative estimate of drug-likeness (QED) is 0.543. The van der Waals surface area contributed by atoms with E-state index in [1.54, 1.807) is 0 Å². The fourth-order valence-electron chi connectivity index (χ4n) is 2.35. The summed E-state index contributed by atoms with van der Waals surface area (Å²) in [6.07, 6.45) is 0.340. The van der Waals surface area contributed by atoms with Crippen LogP contribution in [0.4, 0.5) is 19.7 Å². The van der Waals surface area contributed by atoms with Crippen molar-refractivity contribution >= 4 is 35.3 Å². The highest BCUT2D eigenvalue weighted by atomic mass is 35.5. The molecule has 146 valence electrons. The third-order valence-electron chi connectivity index (χ3n) is 3.68. The van der Waals surface area contributed by atoms with Crippen LogP contribution < -0.4 is 9.64 Å². The number of carbonyl (C=O) groups excluding carboxylic acids is 3. The second kappa shape index (κ2) is 8.26. The number of benzene rings is 1. The Morgan fingerprint density at radius 2 is 1.93 bits per heavy atom. The maximum Gasteiger partial charge on any atom is 0.347 e. The molecule has 27 heavy (non-hydrogen) atoms. The molecule has 0 radical (unpaired) electrons. The van der Waals surface area contributed by atoms with E-state index in [1.165, 1.54) is 36.9 Å². The first-order valence-electron chi connectivity index (χ1n) is 7.91. The van der Waals surface area contributed by atoms with Crippen molar-refractivity contribution in [2.75, 3.05) is 32.3 Å². The number of ether oxygens (including phenoxy) is 2. The van der Waals surface area contributed by atoms with Crippen LogP contribution in [-0.2, 0) is 9.53 Å². The maximum atomic E-state index is 14.5. The van der Waals surface area contributed by atoms with Crippen LogP contribution in [0, 0.1) is 5.82 Å². The number of hydrogen-bond donors (Lipinski definition) is 0. The van der Waals surface area contributed by atoms with Crippen LogP contribution in [0.25, 0.3) is 0 Å². The van der Waals surface area contributed by atoms with Crippen molar-refractivity contribution in [3.05, 3.63) is 35.6 Å². The zero-order valence-corrected chi connectivity index (χ0v) is 15.8. The van der Waals surface area contributed by atoms with Crippen molar-refractivity contribution in [1.29, 1.82) is 0 Å². The number of urea groups is 2. The molecule has 0 bridgehead atoms. The molecule has 1 heterocycles. The Balaban J connectivity index is 2.35. The second-order valence-corrected chi connectivity index (χ2v) is 6.26. The Hall–Kier alpha value is -2.81. The van der Waals surface area contributed by atoms with Gasteiger partial charge in [0, 0.05) is 20.2 Å². The van der Waals surface area contributed by atoms with Crippen molar-refractivity contribution in [1.82, 2.24) is 9.80 Å². The lowest BCUT2D eigenvalue weighted by Crippen LogP contribution is -2.59. The van der Waals surface area contributed by atoms with E-state index in [0.717, 1.165) is 12.1 Å². The monoisotopic (exact) mass is 399 g/mol. The van der Waals surface area contributed by atoms with Crippen LogP contribution in [0.2, 0.25) is 5.02 Å². The molecular weight excluding hydrogens is 381 g/mol. The first-order valence-corrected chi connectivity index (χ1v) is 8.28. The lowest BCUT2D eigenvalue weighted by molar-refractivity contribution is -0.149. The Morgan fingerprint density at radius 3 is 2.48 bits per heavy atom. The summed E-state index contributed by atoms with van der Waals surface area (Å²) >= 11 is 5.98. The fraction of sp³-hybridized carbons (Fsp3) is 0.353. The average molecular weight is 400 g/mol. The molecule has 1 aliphatic heterocycles. The number of anilines is 1.